The Labute approximate surface area is 100 Å². The summed E-state index contributed by atoms with van der Waals surface area (Å²) in [7, 11) is 0. The van der Waals surface area contributed by atoms with Gasteiger partial charge in [-0.25, -0.2) is 0 Å². The molecule has 0 heterocycles. The highest BCUT2D eigenvalue weighted by Gasteiger charge is 2.30. The van der Waals surface area contributed by atoms with Gasteiger partial charge >= 0.3 is 0 Å². The molecule has 0 amide bonds. The topological polar surface area (TPSA) is 38.0 Å². The van der Waals surface area contributed by atoms with Crippen molar-refractivity contribution in [3.63, 3.8) is 0 Å². The van der Waals surface area contributed by atoms with E-state index in [1.165, 1.54) is 25.7 Å². The smallest absolute Gasteiger partial charge is 0.0247 e. The third-order valence-corrected chi connectivity index (χ3v) is 3.92. The third-order valence-electron chi connectivity index (χ3n) is 3.92. The van der Waals surface area contributed by atoms with Crippen LogP contribution in [0.25, 0.3) is 0 Å². The molecule has 1 unspecified atom stereocenters. The van der Waals surface area contributed by atoms with Crippen LogP contribution in [-0.4, -0.2) is 6.04 Å². The molecule has 92 valence electrons. The normalized spacial score (nSPS) is 22.2. The van der Waals surface area contributed by atoms with Crippen molar-refractivity contribution in [3.8, 4) is 11.8 Å². The van der Waals surface area contributed by atoms with Crippen LogP contribution in [0.2, 0.25) is 0 Å². The molecule has 1 aliphatic carbocycles. The van der Waals surface area contributed by atoms with E-state index in [-0.39, 0.29) is 0 Å². The van der Waals surface area contributed by atoms with E-state index in [1.807, 2.05) is 6.92 Å². The Bertz CT molecular complexity index is 250. The van der Waals surface area contributed by atoms with E-state index in [9.17, 15) is 0 Å². The van der Waals surface area contributed by atoms with Crippen molar-refractivity contribution in [3.05, 3.63) is 0 Å². The minimum atomic E-state index is 0.456. The van der Waals surface area contributed by atoms with Crippen LogP contribution in [0.3, 0.4) is 0 Å². The lowest BCUT2D eigenvalue weighted by Gasteiger charge is -2.37. The monoisotopic (exact) mass is 222 g/mol. The minimum absolute atomic E-state index is 0.456. The fourth-order valence-corrected chi connectivity index (χ4v) is 2.63. The summed E-state index contributed by atoms with van der Waals surface area (Å²) < 4.78 is 0. The van der Waals surface area contributed by atoms with Gasteiger partial charge in [0.1, 0.15) is 0 Å². The first-order valence-electron chi connectivity index (χ1n) is 6.45. The number of hydrazine groups is 1. The maximum Gasteiger partial charge on any atom is 0.0247 e. The number of hydrogen-bond donors (Lipinski definition) is 2. The van der Waals surface area contributed by atoms with Crippen LogP contribution in [0, 0.1) is 23.2 Å². The molecule has 0 radical (unpaired) electrons. The van der Waals surface area contributed by atoms with Gasteiger partial charge in [0, 0.05) is 12.5 Å². The lowest BCUT2D eigenvalue weighted by atomic mass is 9.70. The molecule has 0 spiro atoms. The fourth-order valence-electron chi connectivity index (χ4n) is 2.63. The molecule has 0 aromatic carbocycles. The van der Waals surface area contributed by atoms with Crippen LogP contribution in [0.5, 0.6) is 0 Å². The second-order valence-corrected chi connectivity index (χ2v) is 5.74. The summed E-state index contributed by atoms with van der Waals surface area (Å²) in [5.74, 6) is 12.5. The van der Waals surface area contributed by atoms with Crippen LogP contribution in [-0.2, 0) is 0 Å². The van der Waals surface area contributed by atoms with Gasteiger partial charge in [0.05, 0.1) is 0 Å². The second-order valence-electron chi connectivity index (χ2n) is 5.74. The van der Waals surface area contributed by atoms with Crippen molar-refractivity contribution < 1.29 is 0 Å². The molecule has 0 aromatic heterocycles. The van der Waals surface area contributed by atoms with Gasteiger partial charge in [0.15, 0.2) is 0 Å². The molecule has 1 saturated carbocycles. The molecule has 2 heteroatoms. The first-order chi connectivity index (χ1) is 7.59. The van der Waals surface area contributed by atoms with E-state index in [4.69, 9.17) is 5.84 Å². The van der Waals surface area contributed by atoms with Gasteiger partial charge in [-0.15, -0.1) is 11.8 Å². The molecule has 0 aromatic rings. The van der Waals surface area contributed by atoms with E-state index in [1.54, 1.807) is 0 Å². The van der Waals surface area contributed by atoms with Gasteiger partial charge in [-0.05, 0) is 50.4 Å². The molecule has 1 fully saturated rings. The number of nitrogens with one attached hydrogen (secondary N) is 1. The molecular formula is C14H26N2. The summed E-state index contributed by atoms with van der Waals surface area (Å²) in [6, 6.07) is 0.456. The summed E-state index contributed by atoms with van der Waals surface area (Å²) in [5, 5.41) is 0. The Hall–Kier alpha value is -0.520. The Kier molecular flexibility index (Phi) is 5.31. The van der Waals surface area contributed by atoms with Crippen molar-refractivity contribution in [2.45, 2.75) is 65.3 Å². The molecule has 0 bridgehead atoms. The van der Waals surface area contributed by atoms with E-state index < -0.39 is 0 Å². The number of nitrogens with two attached hydrogens (primary N) is 1. The van der Waals surface area contributed by atoms with Crippen molar-refractivity contribution >= 4 is 0 Å². The number of hydrogen-bond acceptors (Lipinski definition) is 2. The molecule has 0 saturated heterocycles. The first kappa shape index (κ1) is 13.5. The summed E-state index contributed by atoms with van der Waals surface area (Å²) in [6.45, 7) is 6.64. The third kappa shape index (κ3) is 4.15. The molecule has 1 aliphatic rings. The molecule has 2 nitrogen and oxygen atoms in total. The van der Waals surface area contributed by atoms with E-state index in [2.05, 4.69) is 31.1 Å². The lowest BCUT2D eigenvalue weighted by molar-refractivity contribution is 0.158. The van der Waals surface area contributed by atoms with Gasteiger partial charge in [-0.2, -0.15) is 0 Å². The highest BCUT2D eigenvalue weighted by Crippen LogP contribution is 2.39. The van der Waals surface area contributed by atoms with Crippen LogP contribution in [0.4, 0.5) is 0 Å². The summed E-state index contributed by atoms with van der Waals surface area (Å²) >= 11 is 0. The van der Waals surface area contributed by atoms with Gasteiger partial charge in [-0.3, -0.25) is 11.3 Å². The predicted octanol–water partition coefficient (Wildman–Crippen LogP) is 2.84. The van der Waals surface area contributed by atoms with Crippen molar-refractivity contribution in [2.75, 3.05) is 0 Å². The summed E-state index contributed by atoms with van der Waals surface area (Å²) in [4.78, 5) is 0. The van der Waals surface area contributed by atoms with Crippen molar-refractivity contribution in [1.29, 1.82) is 0 Å². The quantitative estimate of drug-likeness (QED) is 0.436. The maximum absolute atomic E-state index is 5.66. The van der Waals surface area contributed by atoms with Crippen LogP contribution >= 0.6 is 0 Å². The van der Waals surface area contributed by atoms with E-state index in [0.29, 0.717) is 11.5 Å². The molecule has 3 N–H and O–H groups in total. The maximum atomic E-state index is 5.66. The summed E-state index contributed by atoms with van der Waals surface area (Å²) in [5.41, 5.74) is 3.53. The fraction of sp³-hybridized carbons (Fsp3) is 0.857. The first-order valence-corrected chi connectivity index (χ1v) is 6.45. The second kappa shape index (κ2) is 6.27. The van der Waals surface area contributed by atoms with E-state index >= 15 is 0 Å². The Balaban J connectivity index is 2.38. The van der Waals surface area contributed by atoms with E-state index in [0.717, 1.165) is 18.8 Å². The molecule has 16 heavy (non-hydrogen) atoms. The largest absolute Gasteiger partial charge is 0.271 e. The van der Waals surface area contributed by atoms with Gasteiger partial charge in [0.2, 0.25) is 0 Å². The summed E-state index contributed by atoms with van der Waals surface area (Å²) in [6.07, 6.45) is 7.32. The van der Waals surface area contributed by atoms with Crippen molar-refractivity contribution in [1.82, 2.24) is 5.43 Å². The number of rotatable bonds is 4. The van der Waals surface area contributed by atoms with Gasteiger partial charge in [-0.1, -0.05) is 13.8 Å². The predicted molar refractivity (Wildman–Crippen MR) is 69.5 cm³/mol. The Morgan fingerprint density at radius 3 is 2.50 bits per heavy atom. The Morgan fingerprint density at radius 1 is 1.38 bits per heavy atom. The Morgan fingerprint density at radius 2 is 2.00 bits per heavy atom. The van der Waals surface area contributed by atoms with Gasteiger partial charge < -0.3 is 0 Å². The molecular weight excluding hydrogens is 196 g/mol. The molecule has 1 rings (SSSR count). The zero-order chi connectivity index (χ0) is 12.0. The minimum Gasteiger partial charge on any atom is -0.271 e. The zero-order valence-corrected chi connectivity index (χ0v) is 11.0. The highest BCUT2D eigenvalue weighted by molar-refractivity contribution is 4.96. The van der Waals surface area contributed by atoms with Gasteiger partial charge in [0.25, 0.3) is 0 Å². The van der Waals surface area contributed by atoms with Crippen LogP contribution in [0.1, 0.15) is 59.3 Å². The average molecular weight is 222 g/mol. The van der Waals surface area contributed by atoms with Crippen molar-refractivity contribution in [2.24, 2.45) is 17.2 Å². The molecule has 1 atom stereocenters. The lowest BCUT2D eigenvalue weighted by Crippen LogP contribution is -2.42. The average Bonchev–Trinajstić information content (AvgIpc) is 2.25. The SMILES string of the molecule is CC#CCCC(NN)C1CCC(C)(C)CC1. The highest BCUT2D eigenvalue weighted by atomic mass is 15.2. The zero-order valence-electron chi connectivity index (χ0n) is 11.0. The van der Waals surface area contributed by atoms with Crippen LogP contribution in [0.15, 0.2) is 0 Å². The standard InChI is InChI=1S/C14H26N2/c1-4-5-6-7-13(16-15)12-8-10-14(2,3)11-9-12/h12-13,16H,6-11,15H2,1-3H3. The van der Waals surface area contributed by atoms with Crippen LogP contribution < -0.4 is 11.3 Å². The molecule has 0 aliphatic heterocycles.